The van der Waals surface area contributed by atoms with Crippen LogP contribution in [0, 0.1) is 0 Å². The van der Waals surface area contributed by atoms with E-state index in [2.05, 4.69) is 64.7 Å². The van der Waals surface area contributed by atoms with Gasteiger partial charge in [0.1, 0.15) is 23.8 Å². The molecule has 0 unspecified atom stereocenters. The molecule has 1 aliphatic rings. The highest BCUT2D eigenvalue weighted by Gasteiger charge is 2.25. The highest BCUT2D eigenvalue weighted by atomic mass is 32.2. The van der Waals surface area contributed by atoms with Gasteiger partial charge in [0, 0.05) is 42.8 Å². The van der Waals surface area contributed by atoms with Crippen molar-refractivity contribution in [2.75, 3.05) is 31.1 Å². The molecule has 6 rings (SSSR count). The van der Waals surface area contributed by atoms with E-state index in [0.717, 1.165) is 46.1 Å². The van der Waals surface area contributed by atoms with E-state index >= 15 is 0 Å². The summed E-state index contributed by atoms with van der Waals surface area (Å²) >= 11 is 1.70. The molecule has 4 aromatic carbocycles. The monoisotopic (exact) mass is 606 g/mol. The van der Waals surface area contributed by atoms with Gasteiger partial charge in [-0.05, 0) is 60.5 Å². The standard InChI is InChI=1S/C35H34N4O4S/c1-3-41-24-44-23-25-12-16-29(17-13-25)43-35(40)26-14-18-28(19-15-26)42-21-20-39-34-30-9-5-4-8-27(30)22-38(2)32-11-7-6-10-31(32)33(34)36-37-39/h4-19H,3,20-24H2,1-2H3. The Bertz CT molecular complexity index is 1720. The number of fused-ring (bicyclic) bond motifs is 5. The summed E-state index contributed by atoms with van der Waals surface area (Å²) in [6, 6.07) is 31.2. The van der Waals surface area contributed by atoms with Crippen molar-refractivity contribution >= 4 is 23.4 Å². The Labute approximate surface area is 261 Å². The Morgan fingerprint density at radius 2 is 1.61 bits per heavy atom. The third kappa shape index (κ3) is 6.64. The molecule has 9 heteroatoms. The summed E-state index contributed by atoms with van der Waals surface area (Å²) < 4.78 is 18.9. The average molecular weight is 607 g/mol. The van der Waals surface area contributed by atoms with Crippen LogP contribution in [0.2, 0.25) is 0 Å². The van der Waals surface area contributed by atoms with Crippen LogP contribution in [0.5, 0.6) is 11.5 Å². The number of aromatic nitrogens is 3. The van der Waals surface area contributed by atoms with Crippen LogP contribution in [0.15, 0.2) is 97.1 Å². The zero-order valence-corrected chi connectivity index (χ0v) is 25.6. The molecule has 0 radical (unpaired) electrons. The van der Waals surface area contributed by atoms with Gasteiger partial charge in [-0.25, -0.2) is 9.48 Å². The summed E-state index contributed by atoms with van der Waals surface area (Å²) in [6.07, 6.45) is 0. The molecule has 0 saturated heterocycles. The van der Waals surface area contributed by atoms with Crippen LogP contribution in [-0.2, 0) is 23.6 Å². The fourth-order valence-corrected chi connectivity index (χ4v) is 6.01. The number of carbonyl (C=O) groups is 1. The van der Waals surface area contributed by atoms with E-state index in [9.17, 15) is 4.79 Å². The van der Waals surface area contributed by atoms with Crippen LogP contribution in [0.1, 0.15) is 28.4 Å². The minimum atomic E-state index is -0.416. The first-order valence-corrected chi connectivity index (χ1v) is 15.8. The smallest absolute Gasteiger partial charge is 0.343 e. The van der Waals surface area contributed by atoms with Gasteiger partial charge in [0.15, 0.2) is 0 Å². The Kier molecular flexibility index (Phi) is 9.24. The van der Waals surface area contributed by atoms with E-state index in [0.29, 0.717) is 42.8 Å². The second-order valence-electron chi connectivity index (χ2n) is 10.4. The molecule has 0 fully saturated rings. The molecule has 0 N–H and O–H groups in total. The Balaban J connectivity index is 1.09. The highest BCUT2D eigenvalue weighted by Crippen LogP contribution is 2.40. The maximum atomic E-state index is 12.7. The number of carbonyl (C=O) groups excluding carboxylic acids is 1. The van der Waals surface area contributed by atoms with Crippen LogP contribution < -0.4 is 14.4 Å². The van der Waals surface area contributed by atoms with Gasteiger partial charge in [-0.1, -0.05) is 59.8 Å². The lowest BCUT2D eigenvalue weighted by atomic mass is 9.96. The third-order valence-corrected chi connectivity index (χ3v) is 8.29. The topological polar surface area (TPSA) is 78.7 Å². The molecule has 44 heavy (non-hydrogen) atoms. The van der Waals surface area contributed by atoms with E-state index < -0.39 is 5.97 Å². The van der Waals surface area contributed by atoms with Gasteiger partial charge in [0.05, 0.1) is 23.7 Å². The van der Waals surface area contributed by atoms with Gasteiger partial charge < -0.3 is 19.1 Å². The van der Waals surface area contributed by atoms with Crippen LogP contribution in [0.4, 0.5) is 5.69 Å². The van der Waals surface area contributed by atoms with Gasteiger partial charge in [-0.15, -0.1) is 16.9 Å². The fraction of sp³-hybridized carbons (Fsp3) is 0.229. The van der Waals surface area contributed by atoms with Crippen LogP contribution in [-0.4, -0.2) is 47.2 Å². The molecule has 0 atom stereocenters. The number of hydrogen-bond acceptors (Lipinski definition) is 8. The predicted molar refractivity (Wildman–Crippen MR) is 174 cm³/mol. The lowest BCUT2D eigenvalue weighted by Crippen LogP contribution is -2.20. The molecule has 0 saturated carbocycles. The van der Waals surface area contributed by atoms with Crippen molar-refractivity contribution in [3.8, 4) is 34.0 Å². The molecule has 0 bridgehead atoms. The van der Waals surface area contributed by atoms with Crippen LogP contribution in [0.25, 0.3) is 22.5 Å². The summed E-state index contributed by atoms with van der Waals surface area (Å²) in [7, 11) is 2.10. The van der Waals surface area contributed by atoms with E-state index in [1.165, 1.54) is 5.56 Å². The summed E-state index contributed by atoms with van der Waals surface area (Å²) in [5.41, 5.74) is 7.95. The van der Waals surface area contributed by atoms with E-state index in [-0.39, 0.29) is 0 Å². The van der Waals surface area contributed by atoms with Gasteiger partial charge in [0.2, 0.25) is 0 Å². The first-order chi connectivity index (χ1) is 21.6. The number of rotatable bonds is 11. The van der Waals surface area contributed by atoms with Crippen molar-refractivity contribution in [1.82, 2.24) is 15.0 Å². The first-order valence-electron chi connectivity index (χ1n) is 14.6. The number of ether oxygens (including phenoxy) is 3. The summed E-state index contributed by atoms with van der Waals surface area (Å²) in [5.74, 6) is 2.25. The van der Waals surface area contributed by atoms with Gasteiger partial charge in [-0.3, -0.25) is 0 Å². The number of hydrogen-bond donors (Lipinski definition) is 0. The molecule has 8 nitrogen and oxygen atoms in total. The number of para-hydroxylation sites is 1. The highest BCUT2D eigenvalue weighted by molar-refractivity contribution is 7.98. The van der Waals surface area contributed by atoms with Crippen molar-refractivity contribution in [2.45, 2.75) is 25.8 Å². The Hall–Kier alpha value is -4.60. The summed E-state index contributed by atoms with van der Waals surface area (Å²) in [4.78, 5) is 15.0. The second kappa shape index (κ2) is 13.8. The van der Waals surface area contributed by atoms with Crippen LogP contribution >= 0.6 is 11.8 Å². The molecular formula is C35H34N4O4S. The summed E-state index contributed by atoms with van der Waals surface area (Å²) in [5, 5.41) is 9.16. The SMILES string of the molecule is CCOCSCc1ccc(OC(=O)c2ccc(OCCn3nnc4c3-c3ccccc3CN(C)c3ccccc3-4)cc2)cc1. The number of esters is 1. The minimum absolute atomic E-state index is 0.387. The molecule has 0 spiro atoms. The largest absolute Gasteiger partial charge is 0.492 e. The number of nitrogens with zero attached hydrogens (tertiary/aromatic N) is 4. The quantitative estimate of drug-likeness (QED) is 0.0683. The van der Waals surface area contributed by atoms with Crippen molar-refractivity contribution in [2.24, 2.45) is 0 Å². The molecule has 224 valence electrons. The second-order valence-corrected chi connectivity index (χ2v) is 11.3. The number of anilines is 1. The molecule has 1 aliphatic heterocycles. The normalized spacial score (nSPS) is 12.0. The lowest BCUT2D eigenvalue weighted by Gasteiger charge is -2.26. The molecular weight excluding hydrogens is 572 g/mol. The Morgan fingerprint density at radius 3 is 2.41 bits per heavy atom. The molecule has 5 aromatic rings. The van der Waals surface area contributed by atoms with Crippen molar-refractivity contribution in [1.29, 1.82) is 0 Å². The number of thioether (sulfide) groups is 1. The van der Waals surface area contributed by atoms with E-state index in [1.807, 2.05) is 41.9 Å². The van der Waals surface area contributed by atoms with E-state index in [4.69, 9.17) is 14.2 Å². The molecule has 1 aromatic heterocycles. The summed E-state index contributed by atoms with van der Waals surface area (Å²) in [6.45, 7) is 4.37. The molecule has 0 amide bonds. The molecule has 2 heterocycles. The third-order valence-electron chi connectivity index (χ3n) is 7.42. The van der Waals surface area contributed by atoms with Crippen molar-refractivity contribution < 1.29 is 19.0 Å². The van der Waals surface area contributed by atoms with E-state index in [1.54, 1.807) is 36.0 Å². The van der Waals surface area contributed by atoms with Gasteiger partial charge >= 0.3 is 5.97 Å². The van der Waals surface area contributed by atoms with Crippen molar-refractivity contribution in [3.05, 3.63) is 114 Å². The van der Waals surface area contributed by atoms with Gasteiger partial charge in [0.25, 0.3) is 0 Å². The zero-order valence-electron chi connectivity index (χ0n) is 24.8. The van der Waals surface area contributed by atoms with Crippen molar-refractivity contribution in [3.63, 3.8) is 0 Å². The lowest BCUT2D eigenvalue weighted by molar-refractivity contribution is 0.0734. The minimum Gasteiger partial charge on any atom is -0.492 e. The Morgan fingerprint density at radius 1 is 0.886 bits per heavy atom. The zero-order chi connectivity index (χ0) is 30.3. The van der Waals surface area contributed by atoms with Crippen LogP contribution in [0.3, 0.4) is 0 Å². The first kappa shape index (κ1) is 29.5. The number of benzene rings is 4. The molecule has 0 aliphatic carbocycles. The predicted octanol–water partition coefficient (Wildman–Crippen LogP) is 7.09. The van der Waals surface area contributed by atoms with Gasteiger partial charge in [-0.2, -0.15) is 0 Å². The maximum Gasteiger partial charge on any atom is 0.343 e. The average Bonchev–Trinajstić information content (AvgIpc) is 3.47. The maximum absolute atomic E-state index is 12.7. The fourth-order valence-electron chi connectivity index (χ4n) is 5.21.